The van der Waals surface area contributed by atoms with E-state index in [0.29, 0.717) is 27.4 Å². The zero-order valence-corrected chi connectivity index (χ0v) is 20.1. The predicted molar refractivity (Wildman–Crippen MR) is 134 cm³/mol. The van der Waals surface area contributed by atoms with Gasteiger partial charge in [0.15, 0.2) is 0 Å². The Labute approximate surface area is 202 Å². The van der Waals surface area contributed by atoms with Crippen molar-refractivity contribution in [3.8, 4) is 0 Å². The molecule has 2 aromatic carbocycles. The van der Waals surface area contributed by atoms with E-state index in [1.165, 1.54) is 11.3 Å². The Morgan fingerprint density at radius 2 is 1.65 bits per heavy atom. The summed E-state index contributed by atoms with van der Waals surface area (Å²) in [7, 11) is 1.61. The van der Waals surface area contributed by atoms with Crippen molar-refractivity contribution in [1.29, 1.82) is 0 Å². The number of benzene rings is 2. The predicted octanol–water partition coefficient (Wildman–Crippen LogP) is 5.70. The normalized spacial score (nSPS) is 11.1. The van der Waals surface area contributed by atoms with E-state index >= 15 is 0 Å². The number of hydrogen-bond donors (Lipinski definition) is 1. The van der Waals surface area contributed by atoms with Crippen LogP contribution in [0.2, 0.25) is 0 Å². The lowest BCUT2D eigenvalue weighted by Gasteiger charge is -2.18. The molecule has 0 fully saturated rings. The molecule has 4 aromatic rings. The van der Waals surface area contributed by atoms with E-state index in [-0.39, 0.29) is 12.5 Å². The van der Waals surface area contributed by atoms with Crippen molar-refractivity contribution in [2.24, 2.45) is 0 Å². The molecule has 174 valence electrons. The van der Waals surface area contributed by atoms with Gasteiger partial charge in [-0.1, -0.05) is 60.7 Å². The number of aryl methyl sites for hydroxylation is 1. The zero-order chi connectivity index (χ0) is 24.1. The quantitative estimate of drug-likeness (QED) is 0.332. The van der Waals surface area contributed by atoms with Crippen molar-refractivity contribution in [3.63, 3.8) is 0 Å². The number of rotatable bonds is 8. The number of hydrogen-bond acceptors (Lipinski definition) is 6. The highest BCUT2D eigenvalue weighted by Crippen LogP contribution is 2.39. The highest BCUT2D eigenvalue weighted by Gasteiger charge is 2.28. The van der Waals surface area contributed by atoms with E-state index < -0.39 is 11.9 Å². The lowest BCUT2D eigenvalue weighted by Crippen LogP contribution is -2.23. The van der Waals surface area contributed by atoms with Crippen LogP contribution in [0.15, 0.2) is 66.7 Å². The van der Waals surface area contributed by atoms with Crippen LogP contribution in [0, 0.1) is 6.92 Å². The van der Waals surface area contributed by atoms with Crippen LogP contribution in [-0.4, -0.2) is 30.6 Å². The topological polar surface area (TPSA) is 77.5 Å². The van der Waals surface area contributed by atoms with Gasteiger partial charge in [0.1, 0.15) is 9.71 Å². The molecular formula is C27H26N2O4S. The summed E-state index contributed by atoms with van der Waals surface area (Å²) in [5, 5.41) is 3.77. The number of esters is 1. The van der Waals surface area contributed by atoms with Gasteiger partial charge >= 0.3 is 5.97 Å². The molecule has 0 unspecified atom stereocenters. The number of amides is 1. The Morgan fingerprint density at radius 3 is 2.21 bits per heavy atom. The molecule has 0 bridgehead atoms. The van der Waals surface area contributed by atoms with Gasteiger partial charge in [0, 0.05) is 18.2 Å². The molecule has 4 rings (SSSR count). The van der Waals surface area contributed by atoms with E-state index in [2.05, 4.69) is 10.3 Å². The molecule has 2 heterocycles. The van der Waals surface area contributed by atoms with Crippen LogP contribution in [0.3, 0.4) is 0 Å². The van der Waals surface area contributed by atoms with Crippen molar-refractivity contribution in [3.05, 3.63) is 94.0 Å². The van der Waals surface area contributed by atoms with Crippen LogP contribution >= 0.6 is 11.3 Å². The van der Waals surface area contributed by atoms with Crippen LogP contribution in [0.4, 0.5) is 5.69 Å². The van der Waals surface area contributed by atoms with Crippen molar-refractivity contribution in [2.75, 3.05) is 19.0 Å². The number of pyridine rings is 1. The number of aromatic nitrogens is 1. The summed E-state index contributed by atoms with van der Waals surface area (Å²) in [5.41, 5.74) is 3.78. The fraction of sp³-hybridized carbons (Fsp3) is 0.222. The standard InChI is InChI=1S/C27H26N2O4S/c1-4-33-27(31)24-23(22-20(16-32-3)15-17(2)28-26(22)34-24)29-25(30)21(18-11-7-5-8-12-18)19-13-9-6-10-14-19/h5-15,21H,4,16H2,1-3H3,(H,29,30). The van der Waals surface area contributed by atoms with Crippen LogP contribution in [0.25, 0.3) is 10.2 Å². The molecule has 34 heavy (non-hydrogen) atoms. The van der Waals surface area contributed by atoms with Gasteiger partial charge in [-0.3, -0.25) is 4.79 Å². The molecular weight excluding hydrogens is 448 g/mol. The van der Waals surface area contributed by atoms with Gasteiger partial charge in [0.25, 0.3) is 0 Å². The van der Waals surface area contributed by atoms with Gasteiger partial charge in [0.2, 0.25) is 5.91 Å². The summed E-state index contributed by atoms with van der Waals surface area (Å²) >= 11 is 1.22. The minimum Gasteiger partial charge on any atom is -0.462 e. The smallest absolute Gasteiger partial charge is 0.350 e. The molecule has 2 aromatic heterocycles. The molecule has 0 saturated carbocycles. The molecule has 7 heteroatoms. The maximum atomic E-state index is 13.8. The molecule has 0 aliphatic heterocycles. The van der Waals surface area contributed by atoms with E-state index in [1.54, 1.807) is 14.0 Å². The zero-order valence-electron chi connectivity index (χ0n) is 19.3. The minimum atomic E-state index is -0.559. The first-order valence-electron chi connectivity index (χ1n) is 11.0. The first-order valence-corrected chi connectivity index (χ1v) is 11.8. The number of ether oxygens (including phenoxy) is 2. The second-order valence-electron chi connectivity index (χ2n) is 7.81. The highest BCUT2D eigenvalue weighted by atomic mass is 32.1. The van der Waals surface area contributed by atoms with Crippen molar-refractivity contribution in [2.45, 2.75) is 26.4 Å². The highest BCUT2D eigenvalue weighted by molar-refractivity contribution is 7.21. The van der Waals surface area contributed by atoms with Crippen molar-refractivity contribution < 1.29 is 19.1 Å². The maximum Gasteiger partial charge on any atom is 0.350 e. The summed E-state index contributed by atoms with van der Waals surface area (Å²) in [4.78, 5) is 32.3. The molecule has 0 aliphatic carbocycles. The van der Waals surface area contributed by atoms with Gasteiger partial charge in [-0.25, -0.2) is 9.78 Å². The molecule has 0 spiro atoms. The van der Waals surface area contributed by atoms with Crippen LogP contribution < -0.4 is 5.32 Å². The SMILES string of the molecule is CCOC(=O)c1sc2nc(C)cc(COC)c2c1NC(=O)C(c1ccccc1)c1ccccc1. The van der Waals surface area contributed by atoms with Gasteiger partial charge < -0.3 is 14.8 Å². The lowest BCUT2D eigenvalue weighted by atomic mass is 9.90. The third kappa shape index (κ3) is 4.85. The summed E-state index contributed by atoms with van der Waals surface area (Å²) < 4.78 is 10.7. The number of nitrogens with one attached hydrogen (secondary N) is 1. The van der Waals surface area contributed by atoms with E-state index in [1.807, 2.05) is 73.7 Å². The monoisotopic (exact) mass is 474 g/mol. The summed E-state index contributed by atoms with van der Waals surface area (Å²) in [5.74, 6) is -1.29. The third-order valence-electron chi connectivity index (χ3n) is 5.41. The molecule has 1 N–H and O–H groups in total. The second kappa shape index (κ2) is 10.6. The first kappa shape index (κ1) is 23.6. The number of nitrogens with zero attached hydrogens (tertiary/aromatic N) is 1. The maximum absolute atomic E-state index is 13.8. The summed E-state index contributed by atoms with van der Waals surface area (Å²) in [6, 6.07) is 21.1. The van der Waals surface area contributed by atoms with Gasteiger partial charge in [0.05, 0.1) is 24.8 Å². The second-order valence-corrected chi connectivity index (χ2v) is 8.81. The molecule has 1 amide bonds. The number of anilines is 1. The van der Waals surface area contributed by atoms with Crippen LogP contribution in [0.5, 0.6) is 0 Å². The largest absolute Gasteiger partial charge is 0.462 e. The Balaban J connectivity index is 1.85. The molecule has 6 nitrogen and oxygen atoms in total. The fourth-order valence-electron chi connectivity index (χ4n) is 4.02. The Hall–Kier alpha value is -3.55. The van der Waals surface area contributed by atoms with E-state index in [9.17, 15) is 9.59 Å². The van der Waals surface area contributed by atoms with Crippen LogP contribution in [0.1, 0.15) is 44.9 Å². The fourth-order valence-corrected chi connectivity index (χ4v) is 5.14. The number of carbonyl (C=O) groups excluding carboxylic acids is 2. The third-order valence-corrected chi connectivity index (χ3v) is 6.47. The summed E-state index contributed by atoms with van der Waals surface area (Å²) in [6.45, 7) is 4.20. The Kier molecular flexibility index (Phi) is 7.35. The van der Waals surface area contributed by atoms with Gasteiger partial charge in [-0.05, 0) is 36.6 Å². The average molecular weight is 475 g/mol. The molecule has 0 aliphatic rings. The minimum absolute atomic E-state index is 0.231. The number of fused-ring (bicyclic) bond motifs is 1. The molecule has 0 saturated heterocycles. The van der Waals surface area contributed by atoms with Crippen molar-refractivity contribution in [1.82, 2.24) is 4.98 Å². The Bertz CT molecular complexity index is 1260. The van der Waals surface area contributed by atoms with Gasteiger partial charge in [-0.2, -0.15) is 0 Å². The van der Waals surface area contributed by atoms with E-state index in [0.717, 1.165) is 22.4 Å². The Morgan fingerprint density at radius 1 is 1.03 bits per heavy atom. The number of thiophene rings is 1. The lowest BCUT2D eigenvalue weighted by molar-refractivity contribution is -0.116. The average Bonchev–Trinajstić information content (AvgIpc) is 3.19. The van der Waals surface area contributed by atoms with E-state index in [4.69, 9.17) is 9.47 Å². The molecule has 0 radical (unpaired) electrons. The summed E-state index contributed by atoms with van der Waals surface area (Å²) in [6.07, 6.45) is 0. The van der Waals surface area contributed by atoms with Crippen molar-refractivity contribution >= 4 is 39.1 Å². The van der Waals surface area contributed by atoms with Crippen LogP contribution in [-0.2, 0) is 20.9 Å². The van der Waals surface area contributed by atoms with Gasteiger partial charge in [-0.15, -0.1) is 11.3 Å². The molecule has 0 atom stereocenters. The first-order chi connectivity index (χ1) is 16.5. The number of methoxy groups -OCH3 is 1. The number of carbonyl (C=O) groups is 2.